The van der Waals surface area contributed by atoms with Gasteiger partial charge < -0.3 is 14.2 Å². The molecule has 1 aromatic carbocycles. The lowest BCUT2D eigenvalue weighted by Crippen LogP contribution is -2.43. The molecule has 1 aliphatic rings. The van der Waals surface area contributed by atoms with Crippen LogP contribution in [0.3, 0.4) is 0 Å². The number of carbonyl (C=O) groups excluding carboxylic acids is 2. The Balaban J connectivity index is 1.61. The molecule has 0 saturated carbocycles. The Bertz CT molecular complexity index is 765. The number of anilines is 1. The van der Waals surface area contributed by atoms with Gasteiger partial charge in [0.05, 0.1) is 11.8 Å². The number of rotatable bonds is 3. The minimum absolute atomic E-state index is 0.0310. The minimum Gasteiger partial charge on any atom is -0.472 e. The molecule has 1 fully saturated rings. The molecule has 1 aliphatic heterocycles. The maximum atomic E-state index is 12.8. The third-order valence-electron chi connectivity index (χ3n) is 4.76. The second-order valence-electron chi connectivity index (χ2n) is 6.41. The van der Waals surface area contributed by atoms with Crippen LogP contribution in [0, 0.1) is 12.8 Å². The number of halogens is 1. The molecule has 132 valence electrons. The van der Waals surface area contributed by atoms with Crippen molar-refractivity contribution in [2.24, 2.45) is 5.92 Å². The van der Waals surface area contributed by atoms with Gasteiger partial charge in [-0.15, -0.1) is 0 Å². The van der Waals surface area contributed by atoms with Crippen molar-refractivity contribution in [3.63, 3.8) is 0 Å². The average Bonchev–Trinajstić information content (AvgIpc) is 3.17. The summed E-state index contributed by atoms with van der Waals surface area (Å²) in [6.07, 6.45) is 4.33. The average molecular weight is 405 g/mol. The molecule has 0 spiro atoms. The maximum absolute atomic E-state index is 12.8. The summed E-state index contributed by atoms with van der Waals surface area (Å²) in [5, 5.41) is 0. The van der Waals surface area contributed by atoms with Crippen molar-refractivity contribution < 1.29 is 14.0 Å². The van der Waals surface area contributed by atoms with Crippen LogP contribution in [0.25, 0.3) is 0 Å². The second-order valence-corrected chi connectivity index (χ2v) is 7.26. The van der Waals surface area contributed by atoms with E-state index in [0.717, 1.165) is 15.7 Å². The van der Waals surface area contributed by atoms with Gasteiger partial charge in [0.25, 0.3) is 5.91 Å². The van der Waals surface area contributed by atoms with Gasteiger partial charge in [0.2, 0.25) is 5.91 Å². The van der Waals surface area contributed by atoms with E-state index >= 15 is 0 Å². The highest BCUT2D eigenvalue weighted by molar-refractivity contribution is 9.10. The summed E-state index contributed by atoms with van der Waals surface area (Å²) in [6.45, 7) is 3.19. The monoisotopic (exact) mass is 404 g/mol. The molecule has 1 aromatic heterocycles. The van der Waals surface area contributed by atoms with E-state index < -0.39 is 0 Å². The van der Waals surface area contributed by atoms with Crippen LogP contribution in [0.2, 0.25) is 0 Å². The van der Waals surface area contributed by atoms with Gasteiger partial charge in [0.15, 0.2) is 0 Å². The van der Waals surface area contributed by atoms with Gasteiger partial charge >= 0.3 is 0 Å². The van der Waals surface area contributed by atoms with E-state index in [1.807, 2.05) is 32.2 Å². The first-order chi connectivity index (χ1) is 12.0. The number of piperidine rings is 1. The Kier molecular flexibility index (Phi) is 5.27. The van der Waals surface area contributed by atoms with Crippen molar-refractivity contribution in [2.45, 2.75) is 19.8 Å². The molecule has 0 aliphatic carbocycles. The SMILES string of the molecule is Cc1cc(N(C)C(=O)C2CCN(C(=O)c3ccoc3)CC2)ccc1Br. The molecule has 3 rings (SSSR count). The van der Waals surface area contributed by atoms with Crippen molar-refractivity contribution in [1.29, 1.82) is 0 Å². The van der Waals surface area contributed by atoms with E-state index in [2.05, 4.69) is 15.9 Å². The number of likely N-dealkylation sites (tertiary alicyclic amines) is 1. The molecular weight excluding hydrogens is 384 g/mol. The van der Waals surface area contributed by atoms with Gasteiger partial charge in [-0.3, -0.25) is 9.59 Å². The van der Waals surface area contributed by atoms with Crippen LogP contribution in [0.1, 0.15) is 28.8 Å². The molecular formula is C19H21BrN2O3. The Labute approximate surface area is 155 Å². The molecule has 2 heterocycles. The topological polar surface area (TPSA) is 53.8 Å². The second kappa shape index (κ2) is 7.44. The molecule has 6 heteroatoms. The van der Waals surface area contributed by atoms with Crippen LogP contribution in [0.4, 0.5) is 5.69 Å². The highest BCUT2D eigenvalue weighted by Gasteiger charge is 2.30. The molecule has 1 saturated heterocycles. The molecule has 2 amide bonds. The standard InChI is InChI=1S/C19H21BrN2O3/c1-13-11-16(3-4-17(13)20)21(2)18(23)14-5-8-22(9-6-14)19(24)15-7-10-25-12-15/h3-4,7,10-12,14H,5-6,8-9H2,1-2H3. The number of nitrogens with zero attached hydrogens (tertiary/aromatic N) is 2. The van der Waals surface area contributed by atoms with Crippen molar-refractivity contribution in [3.05, 3.63) is 52.4 Å². The number of hydrogen-bond acceptors (Lipinski definition) is 3. The summed E-state index contributed by atoms with van der Waals surface area (Å²) >= 11 is 3.48. The zero-order chi connectivity index (χ0) is 18.0. The van der Waals surface area contributed by atoms with E-state index in [4.69, 9.17) is 4.42 Å². The van der Waals surface area contributed by atoms with Crippen LogP contribution >= 0.6 is 15.9 Å². The predicted octanol–water partition coefficient (Wildman–Crippen LogP) is 3.87. The fourth-order valence-corrected chi connectivity index (χ4v) is 3.38. The van der Waals surface area contributed by atoms with Gasteiger partial charge in [-0.1, -0.05) is 15.9 Å². The lowest BCUT2D eigenvalue weighted by Gasteiger charge is -2.33. The normalized spacial score (nSPS) is 15.2. The highest BCUT2D eigenvalue weighted by Crippen LogP contribution is 2.26. The number of hydrogen-bond donors (Lipinski definition) is 0. The van der Waals surface area contributed by atoms with Crippen LogP contribution in [0.5, 0.6) is 0 Å². The lowest BCUT2D eigenvalue weighted by molar-refractivity contribution is -0.123. The van der Waals surface area contributed by atoms with Crippen molar-refractivity contribution in [2.75, 3.05) is 25.0 Å². The summed E-state index contributed by atoms with van der Waals surface area (Å²) < 4.78 is 6.00. The smallest absolute Gasteiger partial charge is 0.257 e. The molecule has 25 heavy (non-hydrogen) atoms. The van der Waals surface area contributed by atoms with Gasteiger partial charge in [-0.05, 0) is 49.6 Å². The Morgan fingerprint density at radius 2 is 1.96 bits per heavy atom. The summed E-state index contributed by atoms with van der Waals surface area (Å²) in [6, 6.07) is 7.57. The van der Waals surface area contributed by atoms with Gasteiger partial charge in [0, 0.05) is 36.2 Å². The Morgan fingerprint density at radius 3 is 2.56 bits per heavy atom. The number of benzene rings is 1. The summed E-state index contributed by atoms with van der Waals surface area (Å²) in [5.41, 5.74) is 2.55. The van der Waals surface area contributed by atoms with Crippen molar-refractivity contribution in [3.8, 4) is 0 Å². The third kappa shape index (κ3) is 3.79. The Hall–Kier alpha value is -2.08. The zero-order valence-corrected chi connectivity index (χ0v) is 16.0. The number of aryl methyl sites for hydroxylation is 1. The Morgan fingerprint density at radius 1 is 1.24 bits per heavy atom. The molecule has 0 bridgehead atoms. The molecule has 2 aromatic rings. The first-order valence-corrected chi connectivity index (χ1v) is 9.12. The predicted molar refractivity (Wildman–Crippen MR) is 99.6 cm³/mol. The van der Waals surface area contributed by atoms with Crippen LogP contribution in [0.15, 0.2) is 45.7 Å². The van der Waals surface area contributed by atoms with E-state index in [1.165, 1.54) is 12.5 Å². The summed E-state index contributed by atoms with van der Waals surface area (Å²) in [5.74, 6) is 0.0241. The first kappa shape index (κ1) is 17.7. The number of carbonyl (C=O) groups is 2. The first-order valence-electron chi connectivity index (χ1n) is 8.32. The molecule has 0 radical (unpaired) electrons. The quantitative estimate of drug-likeness (QED) is 0.779. The molecule has 5 nitrogen and oxygen atoms in total. The van der Waals surface area contributed by atoms with Crippen LogP contribution in [-0.4, -0.2) is 36.9 Å². The van der Waals surface area contributed by atoms with Crippen LogP contribution < -0.4 is 4.90 Å². The van der Waals surface area contributed by atoms with Crippen molar-refractivity contribution >= 4 is 33.4 Å². The summed E-state index contributed by atoms with van der Waals surface area (Å²) in [4.78, 5) is 28.6. The fraction of sp³-hybridized carbons (Fsp3) is 0.368. The molecule has 0 N–H and O–H groups in total. The molecule has 0 unspecified atom stereocenters. The number of amides is 2. The number of furan rings is 1. The highest BCUT2D eigenvalue weighted by atomic mass is 79.9. The van der Waals surface area contributed by atoms with Crippen molar-refractivity contribution in [1.82, 2.24) is 4.90 Å². The van der Waals surface area contributed by atoms with Gasteiger partial charge in [-0.2, -0.15) is 0 Å². The van der Waals surface area contributed by atoms with E-state index in [9.17, 15) is 9.59 Å². The van der Waals surface area contributed by atoms with Crippen LogP contribution in [-0.2, 0) is 4.79 Å². The van der Waals surface area contributed by atoms with Gasteiger partial charge in [-0.25, -0.2) is 0 Å². The lowest BCUT2D eigenvalue weighted by atomic mass is 9.94. The molecule has 0 atom stereocenters. The van der Waals surface area contributed by atoms with E-state index in [1.54, 1.807) is 15.9 Å². The summed E-state index contributed by atoms with van der Waals surface area (Å²) in [7, 11) is 1.81. The fourth-order valence-electron chi connectivity index (χ4n) is 3.14. The van der Waals surface area contributed by atoms with E-state index in [0.29, 0.717) is 31.5 Å². The largest absolute Gasteiger partial charge is 0.472 e. The zero-order valence-electron chi connectivity index (χ0n) is 14.4. The minimum atomic E-state index is -0.0534. The van der Waals surface area contributed by atoms with Gasteiger partial charge in [0.1, 0.15) is 6.26 Å². The van der Waals surface area contributed by atoms with E-state index in [-0.39, 0.29) is 17.7 Å². The third-order valence-corrected chi connectivity index (χ3v) is 5.65. The maximum Gasteiger partial charge on any atom is 0.257 e.